The lowest BCUT2D eigenvalue weighted by Gasteiger charge is -2.10. The van der Waals surface area contributed by atoms with Gasteiger partial charge >= 0.3 is 0 Å². The number of hydrogen-bond acceptors (Lipinski definition) is 1. The van der Waals surface area contributed by atoms with Gasteiger partial charge in [0.15, 0.2) is 0 Å². The van der Waals surface area contributed by atoms with Crippen molar-refractivity contribution in [3.05, 3.63) is 41.3 Å². The van der Waals surface area contributed by atoms with Crippen LogP contribution in [0.15, 0.2) is 24.3 Å². The molecule has 0 saturated carbocycles. The van der Waals surface area contributed by atoms with E-state index >= 15 is 0 Å². The summed E-state index contributed by atoms with van der Waals surface area (Å²) in [5.74, 6) is 0.210. The monoisotopic (exact) mass is 217 g/mol. The van der Waals surface area contributed by atoms with Gasteiger partial charge in [-0.25, -0.2) is 9.37 Å². The fraction of sp³-hybridized carbons (Fsp3) is 0.357. The fourth-order valence-corrected chi connectivity index (χ4v) is 1.95. The molecule has 0 saturated heterocycles. The number of fused-ring (bicyclic) bond motifs is 1. The summed E-state index contributed by atoms with van der Waals surface area (Å²) in [6.07, 6.45) is 0.633. The standard InChI is InChI=1S/C14H16FN/c1-4-13-12(15)8-10-6-5-7-11(9(2)3)14(10)16-13/h5-9H,4H2,1-3H3. The van der Waals surface area contributed by atoms with Crippen molar-refractivity contribution in [3.63, 3.8) is 0 Å². The lowest BCUT2D eigenvalue weighted by molar-refractivity contribution is 0.605. The third-order valence-corrected chi connectivity index (χ3v) is 2.86. The molecule has 2 heteroatoms. The number of hydrogen-bond donors (Lipinski definition) is 0. The average Bonchev–Trinajstić information content (AvgIpc) is 2.26. The van der Waals surface area contributed by atoms with Crippen LogP contribution in [0.3, 0.4) is 0 Å². The van der Waals surface area contributed by atoms with E-state index in [1.54, 1.807) is 6.07 Å². The van der Waals surface area contributed by atoms with E-state index in [-0.39, 0.29) is 5.82 Å². The highest BCUT2D eigenvalue weighted by molar-refractivity contribution is 5.82. The van der Waals surface area contributed by atoms with Gasteiger partial charge in [0, 0.05) is 5.39 Å². The van der Waals surface area contributed by atoms with E-state index < -0.39 is 0 Å². The quantitative estimate of drug-likeness (QED) is 0.739. The molecule has 0 unspecified atom stereocenters. The molecule has 0 atom stereocenters. The van der Waals surface area contributed by atoms with Crippen molar-refractivity contribution < 1.29 is 4.39 Å². The maximum Gasteiger partial charge on any atom is 0.145 e. The van der Waals surface area contributed by atoms with E-state index in [0.29, 0.717) is 18.0 Å². The minimum absolute atomic E-state index is 0.198. The van der Waals surface area contributed by atoms with Gasteiger partial charge in [-0.1, -0.05) is 39.0 Å². The molecule has 0 radical (unpaired) electrons. The highest BCUT2D eigenvalue weighted by atomic mass is 19.1. The average molecular weight is 217 g/mol. The molecule has 16 heavy (non-hydrogen) atoms. The smallest absolute Gasteiger partial charge is 0.145 e. The predicted octanol–water partition coefficient (Wildman–Crippen LogP) is 4.06. The number of rotatable bonds is 2. The first kappa shape index (κ1) is 11.1. The number of aromatic nitrogens is 1. The molecule has 1 nitrogen and oxygen atoms in total. The van der Waals surface area contributed by atoms with Crippen LogP contribution in [0.1, 0.15) is 37.9 Å². The molecule has 2 aromatic rings. The van der Waals surface area contributed by atoms with Crippen LogP contribution >= 0.6 is 0 Å². The van der Waals surface area contributed by atoms with Crippen LogP contribution in [0, 0.1) is 5.82 Å². The molecular weight excluding hydrogens is 201 g/mol. The molecule has 0 aliphatic carbocycles. The third-order valence-electron chi connectivity index (χ3n) is 2.86. The van der Waals surface area contributed by atoms with Crippen molar-refractivity contribution in [1.29, 1.82) is 0 Å². The third kappa shape index (κ3) is 1.80. The fourth-order valence-electron chi connectivity index (χ4n) is 1.95. The Morgan fingerprint density at radius 2 is 2.06 bits per heavy atom. The largest absolute Gasteiger partial charge is 0.249 e. The Hall–Kier alpha value is -1.44. The Morgan fingerprint density at radius 3 is 2.69 bits per heavy atom. The molecule has 0 fully saturated rings. The molecule has 0 aliphatic rings. The second-order valence-corrected chi connectivity index (χ2v) is 4.34. The topological polar surface area (TPSA) is 12.9 Å². The molecule has 1 heterocycles. The molecule has 0 bridgehead atoms. The summed E-state index contributed by atoms with van der Waals surface area (Å²) in [5.41, 5.74) is 2.68. The van der Waals surface area contributed by atoms with Crippen molar-refractivity contribution >= 4 is 10.9 Å². The Labute approximate surface area is 95.3 Å². The molecule has 84 valence electrons. The van der Waals surface area contributed by atoms with Crippen molar-refractivity contribution in [2.45, 2.75) is 33.1 Å². The molecule has 0 N–H and O–H groups in total. The number of aryl methyl sites for hydroxylation is 1. The zero-order chi connectivity index (χ0) is 11.7. The summed E-state index contributed by atoms with van der Waals surface area (Å²) in [4.78, 5) is 4.44. The summed E-state index contributed by atoms with van der Waals surface area (Å²) >= 11 is 0. The summed E-state index contributed by atoms with van der Waals surface area (Å²) in [6.45, 7) is 6.19. The van der Waals surface area contributed by atoms with Gasteiger partial charge in [-0.2, -0.15) is 0 Å². The Kier molecular flexibility index (Phi) is 2.90. The van der Waals surface area contributed by atoms with Gasteiger partial charge in [-0.15, -0.1) is 0 Å². The predicted molar refractivity (Wildman–Crippen MR) is 65.2 cm³/mol. The first-order valence-corrected chi connectivity index (χ1v) is 5.71. The van der Waals surface area contributed by atoms with E-state index in [0.717, 1.165) is 10.9 Å². The van der Waals surface area contributed by atoms with Crippen LogP contribution in [0.25, 0.3) is 10.9 Å². The van der Waals surface area contributed by atoms with E-state index in [9.17, 15) is 4.39 Å². The normalized spacial score (nSPS) is 11.3. The van der Waals surface area contributed by atoms with Crippen LogP contribution in [0.5, 0.6) is 0 Å². The maximum atomic E-state index is 13.6. The maximum absolute atomic E-state index is 13.6. The van der Waals surface area contributed by atoms with Gasteiger partial charge in [0.25, 0.3) is 0 Å². The van der Waals surface area contributed by atoms with E-state index in [2.05, 4.69) is 24.9 Å². The van der Waals surface area contributed by atoms with Gasteiger partial charge in [-0.3, -0.25) is 0 Å². The summed E-state index contributed by atoms with van der Waals surface area (Å²) in [5, 5.41) is 0.890. The molecule has 2 rings (SSSR count). The van der Waals surface area contributed by atoms with Gasteiger partial charge < -0.3 is 0 Å². The number of para-hydroxylation sites is 1. The first-order valence-electron chi connectivity index (χ1n) is 5.71. The van der Waals surface area contributed by atoms with Crippen LogP contribution in [0.4, 0.5) is 4.39 Å². The summed E-state index contributed by atoms with van der Waals surface area (Å²) < 4.78 is 13.6. The zero-order valence-corrected chi connectivity index (χ0v) is 9.92. The van der Waals surface area contributed by atoms with Crippen molar-refractivity contribution in [1.82, 2.24) is 4.98 Å². The summed E-state index contributed by atoms with van der Waals surface area (Å²) in [6, 6.07) is 7.53. The van der Waals surface area contributed by atoms with Gasteiger partial charge in [0.2, 0.25) is 0 Å². The SMILES string of the molecule is CCc1nc2c(C(C)C)cccc2cc1F. The Morgan fingerprint density at radius 1 is 1.31 bits per heavy atom. The molecule has 0 amide bonds. The van der Waals surface area contributed by atoms with E-state index in [1.165, 1.54) is 5.56 Å². The minimum Gasteiger partial charge on any atom is -0.249 e. The number of pyridine rings is 1. The van der Waals surface area contributed by atoms with Crippen molar-refractivity contribution in [2.75, 3.05) is 0 Å². The van der Waals surface area contributed by atoms with Crippen molar-refractivity contribution in [3.8, 4) is 0 Å². The van der Waals surface area contributed by atoms with Crippen LogP contribution < -0.4 is 0 Å². The highest BCUT2D eigenvalue weighted by Gasteiger charge is 2.09. The lowest BCUT2D eigenvalue weighted by atomic mass is 9.99. The molecule has 1 aromatic carbocycles. The molecule has 0 aliphatic heterocycles. The molecular formula is C14H16FN. The molecule has 1 aromatic heterocycles. The van der Waals surface area contributed by atoms with E-state index in [1.807, 2.05) is 19.1 Å². The second-order valence-electron chi connectivity index (χ2n) is 4.34. The van der Waals surface area contributed by atoms with Gasteiger partial charge in [0.1, 0.15) is 5.82 Å². The van der Waals surface area contributed by atoms with Crippen LogP contribution in [-0.4, -0.2) is 4.98 Å². The van der Waals surface area contributed by atoms with Crippen LogP contribution in [-0.2, 0) is 6.42 Å². The van der Waals surface area contributed by atoms with E-state index in [4.69, 9.17) is 0 Å². The highest BCUT2D eigenvalue weighted by Crippen LogP contribution is 2.25. The first-order chi connectivity index (χ1) is 7.63. The number of nitrogens with zero attached hydrogens (tertiary/aromatic N) is 1. The Bertz CT molecular complexity index is 517. The van der Waals surface area contributed by atoms with Gasteiger partial charge in [0.05, 0.1) is 11.2 Å². The van der Waals surface area contributed by atoms with Gasteiger partial charge in [-0.05, 0) is 24.0 Å². The van der Waals surface area contributed by atoms with Crippen LogP contribution in [0.2, 0.25) is 0 Å². The Balaban J connectivity index is 2.76. The lowest BCUT2D eigenvalue weighted by Crippen LogP contribution is -1.98. The molecule has 0 spiro atoms. The minimum atomic E-state index is -0.198. The zero-order valence-electron chi connectivity index (χ0n) is 9.92. The number of benzene rings is 1. The van der Waals surface area contributed by atoms with Crippen molar-refractivity contribution in [2.24, 2.45) is 0 Å². The summed E-state index contributed by atoms with van der Waals surface area (Å²) in [7, 11) is 0. The number of halogens is 1. The second kappa shape index (κ2) is 4.20.